The predicted octanol–water partition coefficient (Wildman–Crippen LogP) is 16.4. The number of amides is 1. The Bertz CT molecular complexity index is 1140. The highest BCUT2D eigenvalue weighted by molar-refractivity contribution is 5.76. The maximum Gasteiger partial charge on any atom is 0.220 e. The first-order valence-electron chi connectivity index (χ1n) is 31.9. The van der Waals surface area contributed by atoms with Gasteiger partial charge in [0, 0.05) is 6.42 Å². The van der Waals surface area contributed by atoms with Gasteiger partial charge in [0.05, 0.1) is 25.4 Å². The second-order valence-electron chi connectivity index (χ2n) is 22.6. The molecule has 1 fully saturated rings. The van der Waals surface area contributed by atoms with E-state index < -0.39 is 49.5 Å². The van der Waals surface area contributed by atoms with Crippen molar-refractivity contribution < 1.29 is 39.8 Å². The van der Waals surface area contributed by atoms with Crippen molar-refractivity contribution in [3.05, 3.63) is 12.2 Å². The number of ether oxygens (including phenoxy) is 2. The van der Waals surface area contributed by atoms with Gasteiger partial charge in [-0.2, -0.15) is 0 Å². The molecule has 6 N–H and O–H groups in total. The van der Waals surface area contributed by atoms with Crippen LogP contribution in [-0.2, 0) is 14.3 Å². The van der Waals surface area contributed by atoms with Crippen LogP contribution in [0, 0.1) is 0 Å². The van der Waals surface area contributed by atoms with Gasteiger partial charge in [0.25, 0.3) is 0 Å². The van der Waals surface area contributed by atoms with Gasteiger partial charge >= 0.3 is 0 Å². The third kappa shape index (κ3) is 42.1. The smallest absolute Gasteiger partial charge is 0.220 e. The zero-order valence-electron chi connectivity index (χ0n) is 47.7. The van der Waals surface area contributed by atoms with Gasteiger partial charge in [0.1, 0.15) is 24.4 Å². The molecule has 0 spiro atoms. The zero-order chi connectivity index (χ0) is 52.2. The summed E-state index contributed by atoms with van der Waals surface area (Å²) < 4.78 is 11.3. The summed E-state index contributed by atoms with van der Waals surface area (Å²) >= 11 is 0. The number of carbonyl (C=O) groups excluding carboxylic acids is 1. The van der Waals surface area contributed by atoms with Crippen LogP contribution in [0.2, 0.25) is 0 Å². The highest BCUT2D eigenvalue weighted by Gasteiger charge is 2.44. The first kappa shape index (κ1) is 68.9. The molecule has 1 aliphatic heterocycles. The predicted molar refractivity (Wildman–Crippen MR) is 304 cm³/mol. The minimum absolute atomic E-state index is 0.169. The third-order valence-corrected chi connectivity index (χ3v) is 15.6. The molecule has 0 aromatic rings. The van der Waals surface area contributed by atoms with Crippen LogP contribution in [0.1, 0.15) is 328 Å². The molecule has 1 heterocycles. The molecule has 1 aliphatic rings. The van der Waals surface area contributed by atoms with Gasteiger partial charge in [-0.25, -0.2) is 0 Å². The number of aliphatic hydroxyl groups excluding tert-OH is 5. The summed E-state index contributed by atoms with van der Waals surface area (Å²) in [5.74, 6) is -0.169. The molecule has 0 saturated carbocycles. The number of hydrogen-bond donors (Lipinski definition) is 6. The van der Waals surface area contributed by atoms with Crippen LogP contribution in [0.4, 0.5) is 0 Å². The van der Waals surface area contributed by atoms with Gasteiger partial charge in [-0.15, -0.1) is 0 Å². The largest absolute Gasteiger partial charge is 0.394 e. The Kier molecular flexibility index (Phi) is 51.1. The molecule has 428 valence electrons. The lowest BCUT2D eigenvalue weighted by Gasteiger charge is -2.40. The standard InChI is InChI=1S/C63H123NO8/c1-3-5-7-9-11-13-15-17-19-21-23-24-25-26-27-28-29-30-31-32-33-35-36-38-40-42-44-46-48-50-52-57(66)56(55-71-63-62(70)61(69)60(68)58(54-65)72-63)64-59(67)53-51-49-47-45-43-41-39-37-34-22-20-18-16-14-12-10-8-6-4-2/h50,52,56-58,60-63,65-66,68-70H,3-49,51,53-55H2,1-2H3,(H,64,67)/b52-50+. The quantitative estimate of drug-likeness (QED) is 0.0261. The number of carbonyl (C=O) groups is 1. The van der Waals surface area contributed by atoms with Crippen molar-refractivity contribution in [2.45, 2.75) is 371 Å². The van der Waals surface area contributed by atoms with E-state index in [1.807, 2.05) is 6.08 Å². The Morgan fingerprint density at radius 3 is 1.08 bits per heavy atom. The Balaban J connectivity index is 2.15. The van der Waals surface area contributed by atoms with Gasteiger partial charge in [-0.05, 0) is 19.3 Å². The molecule has 72 heavy (non-hydrogen) atoms. The summed E-state index contributed by atoms with van der Waals surface area (Å²) in [4.78, 5) is 13.1. The van der Waals surface area contributed by atoms with Crippen LogP contribution >= 0.6 is 0 Å². The molecule has 0 aliphatic carbocycles. The molecule has 9 heteroatoms. The van der Waals surface area contributed by atoms with Gasteiger partial charge in [-0.3, -0.25) is 4.79 Å². The molecular formula is C63H123NO8. The van der Waals surface area contributed by atoms with E-state index in [9.17, 15) is 30.3 Å². The van der Waals surface area contributed by atoms with Crippen molar-refractivity contribution in [1.82, 2.24) is 5.32 Å². The third-order valence-electron chi connectivity index (χ3n) is 15.6. The highest BCUT2D eigenvalue weighted by atomic mass is 16.7. The Morgan fingerprint density at radius 2 is 0.764 bits per heavy atom. The molecule has 7 unspecified atom stereocenters. The van der Waals surface area contributed by atoms with E-state index in [0.717, 1.165) is 38.5 Å². The van der Waals surface area contributed by atoms with Crippen LogP contribution in [0.25, 0.3) is 0 Å². The second-order valence-corrected chi connectivity index (χ2v) is 22.6. The van der Waals surface area contributed by atoms with Gasteiger partial charge < -0.3 is 40.3 Å². The Hall–Kier alpha value is -1.07. The number of hydrogen-bond acceptors (Lipinski definition) is 8. The fourth-order valence-corrected chi connectivity index (χ4v) is 10.6. The first-order valence-corrected chi connectivity index (χ1v) is 31.9. The van der Waals surface area contributed by atoms with E-state index >= 15 is 0 Å². The summed E-state index contributed by atoms with van der Waals surface area (Å²) in [7, 11) is 0. The molecule has 1 amide bonds. The first-order chi connectivity index (χ1) is 35.3. The number of rotatable bonds is 56. The Morgan fingerprint density at radius 1 is 0.458 bits per heavy atom. The average molecular weight is 1020 g/mol. The molecule has 0 aromatic carbocycles. The lowest BCUT2D eigenvalue weighted by atomic mass is 9.99. The van der Waals surface area contributed by atoms with Crippen LogP contribution in [0.5, 0.6) is 0 Å². The molecule has 1 rings (SSSR count). The zero-order valence-corrected chi connectivity index (χ0v) is 47.7. The minimum Gasteiger partial charge on any atom is -0.394 e. The van der Waals surface area contributed by atoms with Gasteiger partial charge in [-0.1, -0.05) is 315 Å². The summed E-state index contributed by atoms with van der Waals surface area (Å²) in [5, 5.41) is 54.6. The summed E-state index contributed by atoms with van der Waals surface area (Å²) in [6, 6.07) is -0.801. The molecule has 0 aromatic heterocycles. The molecule has 7 atom stereocenters. The van der Waals surface area contributed by atoms with E-state index in [1.54, 1.807) is 6.08 Å². The number of aliphatic hydroxyl groups is 5. The van der Waals surface area contributed by atoms with E-state index in [-0.39, 0.29) is 12.5 Å². The van der Waals surface area contributed by atoms with E-state index in [1.165, 1.54) is 270 Å². The fraction of sp³-hybridized carbons (Fsp3) is 0.952. The maximum absolute atomic E-state index is 13.1. The van der Waals surface area contributed by atoms with Crippen LogP contribution in [-0.4, -0.2) is 87.5 Å². The number of unbranched alkanes of at least 4 members (excludes halogenated alkanes) is 46. The maximum atomic E-state index is 13.1. The average Bonchev–Trinajstić information content (AvgIpc) is 3.38. The van der Waals surface area contributed by atoms with Crippen molar-refractivity contribution in [3.63, 3.8) is 0 Å². The van der Waals surface area contributed by atoms with Crippen molar-refractivity contribution in [3.8, 4) is 0 Å². The van der Waals surface area contributed by atoms with E-state index in [0.29, 0.717) is 6.42 Å². The van der Waals surface area contributed by atoms with Crippen molar-refractivity contribution in [2.75, 3.05) is 13.2 Å². The minimum atomic E-state index is -1.56. The summed E-state index contributed by atoms with van der Waals surface area (Å²) in [5.41, 5.74) is 0. The molecule has 1 saturated heterocycles. The Labute approximate surface area is 446 Å². The lowest BCUT2D eigenvalue weighted by Crippen LogP contribution is -2.60. The van der Waals surface area contributed by atoms with Crippen molar-refractivity contribution in [2.24, 2.45) is 0 Å². The molecule has 9 nitrogen and oxygen atoms in total. The molecular weight excluding hydrogens is 899 g/mol. The summed E-state index contributed by atoms with van der Waals surface area (Å²) in [6.07, 6.45) is 60.1. The van der Waals surface area contributed by atoms with E-state index in [4.69, 9.17) is 9.47 Å². The monoisotopic (exact) mass is 1020 g/mol. The van der Waals surface area contributed by atoms with Crippen molar-refractivity contribution >= 4 is 5.91 Å². The van der Waals surface area contributed by atoms with Crippen molar-refractivity contribution in [1.29, 1.82) is 0 Å². The topological polar surface area (TPSA) is 149 Å². The molecule has 0 bridgehead atoms. The normalized spacial score (nSPS) is 19.1. The summed E-state index contributed by atoms with van der Waals surface area (Å²) in [6.45, 7) is 3.83. The van der Waals surface area contributed by atoms with Crippen LogP contribution in [0.3, 0.4) is 0 Å². The van der Waals surface area contributed by atoms with Gasteiger partial charge in [0.2, 0.25) is 5.91 Å². The van der Waals surface area contributed by atoms with Crippen LogP contribution < -0.4 is 5.32 Å². The highest BCUT2D eigenvalue weighted by Crippen LogP contribution is 2.23. The second kappa shape index (κ2) is 53.3. The number of nitrogens with one attached hydrogen (secondary N) is 1. The fourth-order valence-electron chi connectivity index (χ4n) is 10.6. The van der Waals surface area contributed by atoms with Gasteiger partial charge in [0.15, 0.2) is 6.29 Å². The SMILES string of the molecule is CCCCCCCCCCCCCCCCCCCCCCCCCCCCCC/C=C/C(O)C(COC1OC(CO)C(O)C(O)C1O)NC(=O)CCCCCCCCCCCCCCCCCCCCC. The molecule has 0 radical (unpaired) electrons. The lowest BCUT2D eigenvalue weighted by molar-refractivity contribution is -0.302. The van der Waals surface area contributed by atoms with Crippen LogP contribution in [0.15, 0.2) is 12.2 Å². The van der Waals surface area contributed by atoms with E-state index in [2.05, 4.69) is 19.2 Å². The number of allylic oxidation sites excluding steroid dienone is 1.